The van der Waals surface area contributed by atoms with Gasteiger partial charge in [0.15, 0.2) is 5.58 Å². The molecule has 0 aliphatic carbocycles. The molecule has 0 saturated carbocycles. The highest BCUT2D eigenvalue weighted by Crippen LogP contribution is 2.27. The molecule has 0 radical (unpaired) electrons. The Bertz CT molecular complexity index is 1530. The van der Waals surface area contributed by atoms with Gasteiger partial charge < -0.3 is 15.1 Å². The van der Waals surface area contributed by atoms with Crippen LogP contribution in [0.2, 0.25) is 5.02 Å². The molecule has 1 aromatic heterocycles. The number of thioether (sulfide) groups is 1. The standard InChI is InChI=1S/C30H24ClN3O3S/c1-19(38-25-16-14-23(15-17-25)32-28(35)18-20-6-10-22(31)11-7-20)29(36)33-24-12-8-21(9-13-24)30-34-26-4-2-3-5-27(26)37-30/h2-17,19H,18H2,1H3,(H,32,35)(H,33,36). The number of hydrogen-bond acceptors (Lipinski definition) is 5. The molecule has 1 unspecified atom stereocenters. The molecule has 38 heavy (non-hydrogen) atoms. The molecule has 1 heterocycles. The van der Waals surface area contributed by atoms with E-state index in [1.807, 2.05) is 91.9 Å². The minimum Gasteiger partial charge on any atom is -0.436 e. The summed E-state index contributed by atoms with van der Waals surface area (Å²) in [4.78, 5) is 30.5. The van der Waals surface area contributed by atoms with E-state index < -0.39 is 0 Å². The number of anilines is 2. The van der Waals surface area contributed by atoms with Gasteiger partial charge in [-0.15, -0.1) is 11.8 Å². The summed E-state index contributed by atoms with van der Waals surface area (Å²) in [7, 11) is 0. The number of benzene rings is 4. The normalized spacial score (nSPS) is 11.7. The number of aromatic nitrogens is 1. The van der Waals surface area contributed by atoms with Crippen LogP contribution in [0.1, 0.15) is 12.5 Å². The first-order valence-electron chi connectivity index (χ1n) is 12.0. The van der Waals surface area contributed by atoms with Gasteiger partial charge in [-0.2, -0.15) is 0 Å². The lowest BCUT2D eigenvalue weighted by Crippen LogP contribution is -2.22. The Morgan fingerprint density at radius 2 is 1.53 bits per heavy atom. The Balaban J connectivity index is 1.13. The zero-order valence-corrected chi connectivity index (χ0v) is 22.1. The van der Waals surface area contributed by atoms with Gasteiger partial charge >= 0.3 is 0 Å². The quantitative estimate of drug-likeness (QED) is 0.199. The minimum atomic E-state index is -0.322. The van der Waals surface area contributed by atoms with Crippen molar-refractivity contribution in [3.8, 4) is 11.5 Å². The van der Waals surface area contributed by atoms with Crippen molar-refractivity contribution < 1.29 is 14.0 Å². The Hall–Kier alpha value is -4.07. The van der Waals surface area contributed by atoms with Crippen LogP contribution in [0.4, 0.5) is 11.4 Å². The predicted octanol–water partition coefficient (Wildman–Crippen LogP) is 7.45. The van der Waals surface area contributed by atoms with Gasteiger partial charge in [0.2, 0.25) is 17.7 Å². The Morgan fingerprint density at radius 1 is 0.868 bits per heavy atom. The number of fused-ring (bicyclic) bond motifs is 1. The number of nitrogens with zero attached hydrogens (tertiary/aromatic N) is 1. The predicted molar refractivity (Wildman–Crippen MR) is 154 cm³/mol. The van der Waals surface area contributed by atoms with E-state index in [1.165, 1.54) is 11.8 Å². The van der Waals surface area contributed by atoms with Crippen LogP contribution in [0.5, 0.6) is 0 Å². The summed E-state index contributed by atoms with van der Waals surface area (Å²) in [5, 5.41) is 6.16. The van der Waals surface area contributed by atoms with E-state index in [0.29, 0.717) is 22.3 Å². The third-order valence-electron chi connectivity index (χ3n) is 5.79. The number of hydrogen-bond donors (Lipinski definition) is 2. The fraction of sp³-hybridized carbons (Fsp3) is 0.100. The lowest BCUT2D eigenvalue weighted by atomic mass is 10.1. The van der Waals surface area contributed by atoms with E-state index in [4.69, 9.17) is 16.0 Å². The van der Waals surface area contributed by atoms with Crippen molar-refractivity contribution >= 4 is 57.7 Å². The zero-order chi connectivity index (χ0) is 26.5. The van der Waals surface area contributed by atoms with Crippen LogP contribution in [0.3, 0.4) is 0 Å². The summed E-state index contributed by atoms with van der Waals surface area (Å²) in [6.45, 7) is 1.86. The molecule has 8 heteroatoms. The van der Waals surface area contributed by atoms with E-state index in [0.717, 1.165) is 27.1 Å². The van der Waals surface area contributed by atoms with Gasteiger partial charge in [-0.1, -0.05) is 35.9 Å². The molecule has 0 bridgehead atoms. The third-order valence-corrected chi connectivity index (χ3v) is 7.16. The maximum absolute atomic E-state index is 12.8. The van der Waals surface area contributed by atoms with Crippen LogP contribution in [-0.2, 0) is 16.0 Å². The number of rotatable bonds is 8. The Morgan fingerprint density at radius 3 is 2.24 bits per heavy atom. The number of nitrogens with one attached hydrogen (secondary N) is 2. The molecular weight excluding hydrogens is 518 g/mol. The second-order valence-corrected chi connectivity index (χ2v) is 10.5. The van der Waals surface area contributed by atoms with Crippen LogP contribution in [0.15, 0.2) is 106 Å². The molecule has 0 fully saturated rings. The molecule has 0 saturated heterocycles. The van der Waals surface area contributed by atoms with Crippen molar-refractivity contribution in [1.82, 2.24) is 4.98 Å². The maximum atomic E-state index is 12.8. The number of carbonyl (C=O) groups excluding carboxylic acids is 2. The first-order valence-corrected chi connectivity index (χ1v) is 13.3. The van der Waals surface area contributed by atoms with Gasteiger partial charge in [0, 0.05) is 26.9 Å². The monoisotopic (exact) mass is 541 g/mol. The molecule has 5 aromatic rings. The summed E-state index contributed by atoms with van der Waals surface area (Å²) in [6.07, 6.45) is 0.265. The van der Waals surface area contributed by atoms with Crippen molar-refractivity contribution in [1.29, 1.82) is 0 Å². The molecule has 0 aliphatic rings. The number of para-hydroxylation sites is 2. The van der Waals surface area contributed by atoms with Gasteiger partial charge in [-0.25, -0.2) is 4.98 Å². The Kier molecular flexibility index (Phi) is 7.77. The van der Waals surface area contributed by atoms with E-state index >= 15 is 0 Å². The van der Waals surface area contributed by atoms with Crippen molar-refractivity contribution in [3.63, 3.8) is 0 Å². The smallest absolute Gasteiger partial charge is 0.237 e. The molecule has 2 N–H and O–H groups in total. The summed E-state index contributed by atoms with van der Waals surface area (Å²) >= 11 is 7.34. The first kappa shape index (κ1) is 25.6. The lowest BCUT2D eigenvalue weighted by molar-refractivity contribution is -0.116. The van der Waals surface area contributed by atoms with Gasteiger partial charge in [-0.05, 0) is 85.3 Å². The highest BCUT2D eigenvalue weighted by atomic mass is 35.5. The molecule has 190 valence electrons. The SMILES string of the molecule is CC(Sc1ccc(NC(=O)Cc2ccc(Cl)cc2)cc1)C(=O)Nc1ccc(-c2nc3ccccc3o2)cc1. The van der Waals surface area contributed by atoms with E-state index in [2.05, 4.69) is 15.6 Å². The van der Waals surface area contributed by atoms with E-state index in [9.17, 15) is 9.59 Å². The first-order chi connectivity index (χ1) is 18.4. The number of amides is 2. The minimum absolute atomic E-state index is 0.107. The second kappa shape index (κ2) is 11.5. The van der Waals surface area contributed by atoms with Gasteiger partial charge in [0.1, 0.15) is 5.52 Å². The molecule has 6 nitrogen and oxygen atoms in total. The topological polar surface area (TPSA) is 84.2 Å². The molecule has 1 atom stereocenters. The summed E-state index contributed by atoms with van der Waals surface area (Å²) in [5.41, 5.74) is 4.66. The molecular formula is C30H24ClN3O3S. The van der Waals surface area contributed by atoms with E-state index in [-0.39, 0.29) is 23.5 Å². The largest absolute Gasteiger partial charge is 0.436 e. The highest BCUT2D eigenvalue weighted by molar-refractivity contribution is 8.00. The maximum Gasteiger partial charge on any atom is 0.237 e. The van der Waals surface area contributed by atoms with Crippen LogP contribution in [0.25, 0.3) is 22.6 Å². The second-order valence-electron chi connectivity index (χ2n) is 8.69. The van der Waals surface area contributed by atoms with Crippen molar-refractivity contribution in [2.75, 3.05) is 10.6 Å². The fourth-order valence-electron chi connectivity index (χ4n) is 3.80. The highest BCUT2D eigenvalue weighted by Gasteiger charge is 2.15. The number of oxazole rings is 1. The van der Waals surface area contributed by atoms with Crippen LogP contribution in [-0.4, -0.2) is 22.0 Å². The van der Waals surface area contributed by atoms with Crippen molar-refractivity contribution in [3.05, 3.63) is 108 Å². The molecule has 0 aliphatic heterocycles. The van der Waals surface area contributed by atoms with Gasteiger partial charge in [0.05, 0.1) is 11.7 Å². The summed E-state index contributed by atoms with van der Waals surface area (Å²) in [6, 6.07) is 29.7. The lowest BCUT2D eigenvalue weighted by Gasteiger charge is -2.13. The fourth-order valence-corrected chi connectivity index (χ4v) is 4.80. The van der Waals surface area contributed by atoms with Crippen LogP contribution >= 0.6 is 23.4 Å². The summed E-state index contributed by atoms with van der Waals surface area (Å²) in [5.74, 6) is 0.324. The average Bonchev–Trinajstić information content (AvgIpc) is 3.36. The summed E-state index contributed by atoms with van der Waals surface area (Å²) < 4.78 is 5.81. The molecule has 4 aromatic carbocycles. The molecule has 5 rings (SSSR count). The van der Waals surface area contributed by atoms with Gasteiger partial charge in [0.25, 0.3) is 0 Å². The molecule has 0 spiro atoms. The van der Waals surface area contributed by atoms with Gasteiger partial charge in [-0.3, -0.25) is 9.59 Å². The number of carbonyl (C=O) groups is 2. The van der Waals surface area contributed by atoms with E-state index in [1.54, 1.807) is 12.1 Å². The number of halogens is 1. The third kappa shape index (κ3) is 6.43. The van der Waals surface area contributed by atoms with Crippen LogP contribution < -0.4 is 10.6 Å². The molecule has 2 amide bonds. The zero-order valence-electron chi connectivity index (χ0n) is 20.5. The average molecular weight is 542 g/mol. The van der Waals surface area contributed by atoms with Crippen LogP contribution in [0, 0.1) is 0 Å². The van der Waals surface area contributed by atoms with Crippen molar-refractivity contribution in [2.24, 2.45) is 0 Å². The van der Waals surface area contributed by atoms with Crippen molar-refractivity contribution in [2.45, 2.75) is 23.5 Å². The Labute approximate surface area is 229 Å².